The minimum absolute atomic E-state index is 0.119. The van der Waals surface area contributed by atoms with E-state index >= 15 is 0 Å². The van der Waals surface area contributed by atoms with Gasteiger partial charge < -0.3 is 9.52 Å². The standard InChI is InChI=1S/C12H6BrNO3S/c13-8-2-1-3-10(7(8)6-14)18-11-5-4-9(17-11)12(15)16/h1-5H,(H,15,16). The summed E-state index contributed by atoms with van der Waals surface area (Å²) < 4.78 is 5.82. The first-order valence-corrected chi connectivity index (χ1v) is 6.42. The van der Waals surface area contributed by atoms with Crippen LogP contribution < -0.4 is 0 Å². The first-order valence-electron chi connectivity index (χ1n) is 4.81. The number of aromatic carboxylic acids is 1. The molecule has 1 heterocycles. The molecule has 0 bridgehead atoms. The van der Waals surface area contributed by atoms with Crippen molar-refractivity contribution in [2.75, 3.05) is 0 Å². The maximum absolute atomic E-state index is 10.7. The molecule has 90 valence electrons. The van der Waals surface area contributed by atoms with E-state index in [0.717, 1.165) is 0 Å². The van der Waals surface area contributed by atoms with Crippen LogP contribution in [-0.2, 0) is 0 Å². The van der Waals surface area contributed by atoms with Crippen LogP contribution in [0.4, 0.5) is 0 Å². The normalized spacial score (nSPS) is 10.0. The van der Waals surface area contributed by atoms with Crippen molar-refractivity contribution >= 4 is 33.7 Å². The second kappa shape index (κ2) is 5.29. The lowest BCUT2D eigenvalue weighted by Gasteiger charge is -2.02. The number of carboxylic acid groups (broad SMARTS) is 1. The van der Waals surface area contributed by atoms with Gasteiger partial charge in [0.1, 0.15) is 6.07 Å². The second-order valence-corrected chi connectivity index (χ2v) is 5.15. The summed E-state index contributed by atoms with van der Waals surface area (Å²) >= 11 is 4.50. The summed E-state index contributed by atoms with van der Waals surface area (Å²) in [4.78, 5) is 11.4. The summed E-state index contributed by atoms with van der Waals surface area (Å²) in [5, 5.41) is 18.2. The quantitative estimate of drug-likeness (QED) is 0.930. The van der Waals surface area contributed by atoms with Crippen LogP contribution >= 0.6 is 27.7 Å². The topological polar surface area (TPSA) is 74.2 Å². The number of benzene rings is 1. The third kappa shape index (κ3) is 2.58. The minimum Gasteiger partial charge on any atom is -0.475 e. The van der Waals surface area contributed by atoms with Crippen LogP contribution in [0.5, 0.6) is 0 Å². The van der Waals surface area contributed by atoms with Crippen LogP contribution in [0, 0.1) is 11.3 Å². The highest BCUT2D eigenvalue weighted by Gasteiger charge is 2.12. The molecule has 4 nitrogen and oxygen atoms in total. The van der Waals surface area contributed by atoms with Gasteiger partial charge in [0.15, 0.2) is 5.09 Å². The molecule has 0 atom stereocenters. The molecular weight excluding hydrogens is 318 g/mol. The molecule has 1 aromatic carbocycles. The Hall–Kier alpha value is -1.71. The zero-order chi connectivity index (χ0) is 13.1. The molecule has 18 heavy (non-hydrogen) atoms. The smallest absolute Gasteiger partial charge is 0.371 e. The van der Waals surface area contributed by atoms with E-state index in [0.29, 0.717) is 20.0 Å². The molecule has 0 saturated carbocycles. The van der Waals surface area contributed by atoms with Gasteiger partial charge in [0, 0.05) is 9.37 Å². The van der Waals surface area contributed by atoms with Gasteiger partial charge in [-0.3, -0.25) is 0 Å². The van der Waals surface area contributed by atoms with Gasteiger partial charge in [0.25, 0.3) is 0 Å². The maximum atomic E-state index is 10.7. The molecule has 2 aromatic rings. The Balaban J connectivity index is 2.31. The number of halogens is 1. The fourth-order valence-corrected chi connectivity index (χ4v) is 2.77. The average molecular weight is 324 g/mol. The lowest BCUT2D eigenvalue weighted by molar-refractivity contribution is 0.0656. The Kier molecular flexibility index (Phi) is 3.75. The molecule has 0 aliphatic heterocycles. The van der Waals surface area contributed by atoms with Crippen molar-refractivity contribution in [1.82, 2.24) is 0 Å². The van der Waals surface area contributed by atoms with Gasteiger partial charge in [-0.15, -0.1) is 0 Å². The summed E-state index contributed by atoms with van der Waals surface area (Å²) in [6.07, 6.45) is 0. The first kappa shape index (κ1) is 12.7. The highest BCUT2D eigenvalue weighted by atomic mass is 79.9. The van der Waals surface area contributed by atoms with Gasteiger partial charge in [-0.2, -0.15) is 5.26 Å². The Morgan fingerprint density at radius 1 is 1.39 bits per heavy atom. The maximum Gasteiger partial charge on any atom is 0.371 e. The van der Waals surface area contributed by atoms with E-state index < -0.39 is 5.97 Å². The fraction of sp³-hybridized carbons (Fsp3) is 0. The number of rotatable bonds is 3. The summed E-state index contributed by atoms with van der Waals surface area (Å²) in [6, 6.07) is 10.4. The molecule has 0 spiro atoms. The molecule has 2 rings (SSSR count). The van der Waals surface area contributed by atoms with Gasteiger partial charge in [-0.1, -0.05) is 17.8 Å². The lowest BCUT2D eigenvalue weighted by atomic mass is 10.2. The number of carboxylic acids is 1. The van der Waals surface area contributed by atoms with Gasteiger partial charge in [-0.05, 0) is 40.2 Å². The van der Waals surface area contributed by atoms with Gasteiger partial charge >= 0.3 is 5.97 Å². The Morgan fingerprint density at radius 3 is 2.78 bits per heavy atom. The molecule has 6 heteroatoms. The van der Waals surface area contributed by atoms with E-state index in [1.165, 1.54) is 17.8 Å². The summed E-state index contributed by atoms with van der Waals surface area (Å²) in [5.41, 5.74) is 0.496. The van der Waals surface area contributed by atoms with Crippen LogP contribution in [0.25, 0.3) is 0 Å². The Morgan fingerprint density at radius 2 is 2.17 bits per heavy atom. The van der Waals surface area contributed by atoms with E-state index in [2.05, 4.69) is 22.0 Å². The predicted octanol–water partition coefficient (Wildman–Crippen LogP) is 3.76. The van der Waals surface area contributed by atoms with E-state index in [9.17, 15) is 4.79 Å². The van der Waals surface area contributed by atoms with E-state index in [4.69, 9.17) is 14.8 Å². The highest BCUT2D eigenvalue weighted by molar-refractivity contribution is 9.10. The van der Waals surface area contributed by atoms with Crippen molar-refractivity contribution in [3.05, 3.63) is 46.1 Å². The number of furan rings is 1. The highest BCUT2D eigenvalue weighted by Crippen LogP contribution is 2.34. The first-order chi connectivity index (χ1) is 8.61. The molecule has 0 fully saturated rings. The number of nitrogens with zero attached hydrogens (tertiary/aromatic N) is 1. The monoisotopic (exact) mass is 323 g/mol. The van der Waals surface area contributed by atoms with Gasteiger partial charge in [-0.25, -0.2) is 4.79 Å². The van der Waals surface area contributed by atoms with E-state index in [1.807, 2.05) is 0 Å². The Labute approximate surface area is 115 Å². The molecule has 0 aliphatic carbocycles. The molecule has 1 N–H and O–H groups in total. The third-order valence-corrected chi connectivity index (χ3v) is 3.73. The molecule has 0 radical (unpaired) electrons. The zero-order valence-electron chi connectivity index (χ0n) is 8.88. The SMILES string of the molecule is N#Cc1c(Br)cccc1Sc1ccc(C(=O)O)o1. The molecule has 0 amide bonds. The van der Waals surface area contributed by atoms with Crippen LogP contribution in [0.1, 0.15) is 16.1 Å². The number of carbonyl (C=O) groups is 1. The fourth-order valence-electron chi connectivity index (χ4n) is 1.30. The summed E-state index contributed by atoms with van der Waals surface area (Å²) in [5.74, 6) is -1.23. The lowest BCUT2D eigenvalue weighted by Crippen LogP contribution is -1.91. The molecule has 1 aromatic heterocycles. The van der Waals surface area contributed by atoms with Crippen molar-refractivity contribution in [3.63, 3.8) is 0 Å². The van der Waals surface area contributed by atoms with E-state index in [1.54, 1.807) is 24.3 Å². The third-order valence-electron chi connectivity index (χ3n) is 2.09. The molecular formula is C12H6BrNO3S. The summed E-state index contributed by atoms with van der Waals surface area (Å²) in [6.45, 7) is 0. The average Bonchev–Trinajstić information content (AvgIpc) is 2.78. The van der Waals surface area contributed by atoms with Crippen LogP contribution in [0.2, 0.25) is 0 Å². The predicted molar refractivity (Wildman–Crippen MR) is 68.6 cm³/mol. The van der Waals surface area contributed by atoms with Crippen molar-refractivity contribution < 1.29 is 14.3 Å². The molecule has 0 aliphatic rings. The number of hydrogen-bond acceptors (Lipinski definition) is 4. The molecule has 0 unspecified atom stereocenters. The Bertz CT molecular complexity index is 645. The van der Waals surface area contributed by atoms with Crippen molar-refractivity contribution in [2.24, 2.45) is 0 Å². The minimum atomic E-state index is -1.11. The largest absolute Gasteiger partial charge is 0.475 e. The van der Waals surface area contributed by atoms with Crippen LogP contribution in [0.3, 0.4) is 0 Å². The van der Waals surface area contributed by atoms with Gasteiger partial charge in [0.05, 0.1) is 5.56 Å². The molecule has 0 saturated heterocycles. The second-order valence-electron chi connectivity index (χ2n) is 3.25. The van der Waals surface area contributed by atoms with Crippen molar-refractivity contribution in [2.45, 2.75) is 9.99 Å². The van der Waals surface area contributed by atoms with Crippen LogP contribution in [0.15, 0.2) is 49.2 Å². The number of hydrogen-bond donors (Lipinski definition) is 1. The zero-order valence-corrected chi connectivity index (χ0v) is 11.3. The van der Waals surface area contributed by atoms with Crippen LogP contribution in [-0.4, -0.2) is 11.1 Å². The summed E-state index contributed by atoms with van der Waals surface area (Å²) in [7, 11) is 0. The van der Waals surface area contributed by atoms with Crippen molar-refractivity contribution in [1.29, 1.82) is 5.26 Å². The van der Waals surface area contributed by atoms with E-state index in [-0.39, 0.29) is 5.76 Å². The van der Waals surface area contributed by atoms with Gasteiger partial charge in [0.2, 0.25) is 5.76 Å². The van der Waals surface area contributed by atoms with Crippen molar-refractivity contribution in [3.8, 4) is 6.07 Å². The number of nitriles is 1.